The molecule has 2 aromatic rings. The Kier molecular flexibility index (Phi) is 10.5. The second kappa shape index (κ2) is 11.8. The molecule has 0 spiro atoms. The average Bonchev–Trinajstić information content (AvgIpc) is 2.70. The summed E-state index contributed by atoms with van der Waals surface area (Å²) in [6.45, 7) is 3.80. The summed E-state index contributed by atoms with van der Waals surface area (Å²) < 4.78 is 0. The second-order valence-corrected chi connectivity index (χ2v) is 6.56. The van der Waals surface area contributed by atoms with E-state index in [4.69, 9.17) is 0 Å². The van der Waals surface area contributed by atoms with Gasteiger partial charge in [-0.25, -0.2) is 0 Å². The summed E-state index contributed by atoms with van der Waals surface area (Å²) in [5.41, 5.74) is 3.96. The number of benzene rings is 2. The molecule has 1 aliphatic rings. The number of carboxylic acid groups (broad SMARTS) is 1. The molecule has 0 unspecified atom stereocenters. The quantitative estimate of drug-likeness (QED) is 0.484. The van der Waals surface area contributed by atoms with Gasteiger partial charge in [0.25, 0.3) is 0 Å². The first-order valence-corrected chi connectivity index (χ1v) is 9.24. The molecule has 0 heterocycles. The number of rotatable bonds is 5. The standard InChI is InChI=1S/C24H22O4.2Na/c1-3-15-13-17(9-11-21(15)25)23(18-10-12-22(26)16(4-2)14-18)19-7-5-6-8-20(19)24(27)28;;/h5-14,25H,3-4H2,1-2H3,(H,27,28);;/q;2*+1/p-2/b23-18-;;. The van der Waals surface area contributed by atoms with E-state index in [9.17, 15) is 19.8 Å². The molecule has 142 valence electrons. The van der Waals surface area contributed by atoms with E-state index >= 15 is 0 Å². The number of allylic oxidation sites excluding steroid dienone is 5. The van der Waals surface area contributed by atoms with Crippen LogP contribution in [0.5, 0.6) is 5.75 Å². The van der Waals surface area contributed by atoms with Crippen molar-refractivity contribution in [1.29, 1.82) is 0 Å². The zero-order chi connectivity index (χ0) is 20.3. The van der Waals surface area contributed by atoms with Crippen LogP contribution in [0.4, 0.5) is 0 Å². The molecule has 0 saturated heterocycles. The molecule has 0 fully saturated rings. The minimum Gasteiger partial charge on any atom is -0.872 e. The zero-order valence-corrected chi connectivity index (χ0v) is 21.8. The summed E-state index contributed by atoms with van der Waals surface area (Å²) in [5, 5.41) is 23.8. The summed E-state index contributed by atoms with van der Waals surface area (Å²) >= 11 is 0. The fourth-order valence-electron chi connectivity index (χ4n) is 3.38. The van der Waals surface area contributed by atoms with Crippen LogP contribution in [0.1, 0.15) is 47.3 Å². The Balaban J connectivity index is 0.00000225. The average molecular weight is 418 g/mol. The van der Waals surface area contributed by atoms with E-state index < -0.39 is 5.97 Å². The van der Waals surface area contributed by atoms with E-state index in [1.165, 1.54) is 18.2 Å². The Bertz CT molecular complexity index is 1050. The number of carbonyl (C=O) groups excluding carboxylic acids is 2. The van der Waals surface area contributed by atoms with Crippen molar-refractivity contribution in [3.8, 4) is 5.75 Å². The van der Waals surface area contributed by atoms with Gasteiger partial charge in [0.15, 0.2) is 5.78 Å². The molecule has 0 radical (unpaired) electrons. The Morgan fingerprint density at radius 1 is 0.933 bits per heavy atom. The molecule has 3 rings (SSSR count). The van der Waals surface area contributed by atoms with Crippen LogP contribution in [0.15, 0.2) is 71.8 Å². The Labute approximate surface area is 221 Å². The van der Waals surface area contributed by atoms with Crippen molar-refractivity contribution in [3.63, 3.8) is 0 Å². The van der Waals surface area contributed by atoms with Crippen LogP contribution in [0, 0.1) is 0 Å². The van der Waals surface area contributed by atoms with Gasteiger partial charge in [0.2, 0.25) is 0 Å². The fourth-order valence-corrected chi connectivity index (χ4v) is 3.38. The van der Waals surface area contributed by atoms with E-state index in [0.717, 1.165) is 11.1 Å². The molecule has 2 aromatic carbocycles. The van der Waals surface area contributed by atoms with Gasteiger partial charge in [-0.15, -0.1) is 5.75 Å². The first kappa shape index (κ1) is 26.6. The summed E-state index contributed by atoms with van der Waals surface area (Å²) in [6.07, 6.45) is 6.13. The van der Waals surface area contributed by atoms with Crippen molar-refractivity contribution >= 4 is 17.3 Å². The summed E-state index contributed by atoms with van der Waals surface area (Å²) in [6, 6.07) is 11.6. The van der Waals surface area contributed by atoms with Gasteiger partial charge >= 0.3 is 59.1 Å². The molecule has 1 aliphatic carbocycles. The maximum absolute atomic E-state index is 12.1. The summed E-state index contributed by atoms with van der Waals surface area (Å²) in [4.78, 5) is 23.8. The van der Waals surface area contributed by atoms with Crippen LogP contribution >= 0.6 is 0 Å². The summed E-state index contributed by atoms with van der Waals surface area (Å²) in [5.74, 6) is -1.38. The Morgan fingerprint density at radius 3 is 2.20 bits per heavy atom. The Hall–Kier alpha value is -1.40. The van der Waals surface area contributed by atoms with Crippen molar-refractivity contribution in [1.82, 2.24) is 0 Å². The van der Waals surface area contributed by atoms with Gasteiger partial charge in [0.1, 0.15) is 0 Å². The van der Waals surface area contributed by atoms with E-state index in [1.807, 2.05) is 13.8 Å². The molecule has 0 aromatic heterocycles. The summed E-state index contributed by atoms with van der Waals surface area (Å²) in [7, 11) is 0. The topological polar surface area (TPSA) is 80.3 Å². The Morgan fingerprint density at radius 2 is 1.60 bits per heavy atom. The van der Waals surface area contributed by atoms with Crippen molar-refractivity contribution < 1.29 is 78.9 Å². The molecule has 30 heavy (non-hydrogen) atoms. The number of aryl methyl sites for hydroxylation is 1. The van der Waals surface area contributed by atoms with Crippen LogP contribution in [0.3, 0.4) is 0 Å². The van der Waals surface area contributed by atoms with Crippen molar-refractivity contribution in [3.05, 3.63) is 94.1 Å². The van der Waals surface area contributed by atoms with Gasteiger partial charge in [-0.05, 0) is 52.8 Å². The molecular weight excluding hydrogens is 398 g/mol. The largest absolute Gasteiger partial charge is 1.00 e. The molecule has 0 saturated carbocycles. The number of carboxylic acids is 1. The molecule has 0 bridgehead atoms. The van der Waals surface area contributed by atoms with Gasteiger partial charge in [0, 0.05) is 5.56 Å². The number of carbonyl (C=O) groups is 2. The predicted octanol–water partition coefficient (Wildman–Crippen LogP) is -3.03. The third kappa shape index (κ3) is 5.64. The third-order valence-corrected chi connectivity index (χ3v) is 4.88. The number of aromatic carboxylic acids is 1. The van der Waals surface area contributed by atoms with Crippen LogP contribution in [0.25, 0.3) is 5.57 Å². The molecule has 0 amide bonds. The van der Waals surface area contributed by atoms with Crippen LogP contribution in [-0.4, -0.2) is 11.8 Å². The minimum absolute atomic E-state index is 0. The molecular formula is C24H20Na2O4. The molecule has 0 aliphatic heterocycles. The van der Waals surface area contributed by atoms with E-state index in [1.54, 1.807) is 42.5 Å². The monoisotopic (exact) mass is 418 g/mol. The van der Waals surface area contributed by atoms with Gasteiger partial charge in [-0.2, -0.15) is 0 Å². The second-order valence-electron chi connectivity index (χ2n) is 6.56. The van der Waals surface area contributed by atoms with E-state index in [-0.39, 0.29) is 76.2 Å². The molecule has 4 nitrogen and oxygen atoms in total. The van der Waals surface area contributed by atoms with Crippen molar-refractivity contribution in [2.24, 2.45) is 0 Å². The number of ketones is 1. The zero-order valence-electron chi connectivity index (χ0n) is 17.8. The first-order valence-electron chi connectivity index (χ1n) is 9.24. The first-order chi connectivity index (χ1) is 13.5. The maximum Gasteiger partial charge on any atom is 1.00 e. The normalized spacial score (nSPS) is 14.3. The van der Waals surface area contributed by atoms with Gasteiger partial charge in [0.05, 0.1) is 5.97 Å². The fraction of sp³-hybridized carbons (Fsp3) is 0.167. The minimum atomic E-state index is -1.28. The van der Waals surface area contributed by atoms with E-state index in [2.05, 4.69) is 0 Å². The van der Waals surface area contributed by atoms with Crippen molar-refractivity contribution in [2.45, 2.75) is 26.7 Å². The van der Waals surface area contributed by atoms with Gasteiger partial charge < -0.3 is 15.0 Å². The maximum atomic E-state index is 12.1. The number of hydrogen-bond donors (Lipinski definition) is 0. The van der Waals surface area contributed by atoms with E-state index in [0.29, 0.717) is 35.1 Å². The van der Waals surface area contributed by atoms with Crippen LogP contribution in [-0.2, 0) is 11.2 Å². The predicted molar refractivity (Wildman–Crippen MR) is 105 cm³/mol. The number of hydrogen-bond acceptors (Lipinski definition) is 4. The SMILES string of the molecule is CCC1=C/C(=C(/c2ccc([O-])c(CC)c2)c2ccccc2C(=O)[O-])C=CC1=O.[Na+].[Na+]. The van der Waals surface area contributed by atoms with Crippen LogP contribution in [0.2, 0.25) is 0 Å². The van der Waals surface area contributed by atoms with Gasteiger partial charge in [-0.3, -0.25) is 4.79 Å². The van der Waals surface area contributed by atoms with Gasteiger partial charge in [-0.1, -0.05) is 68.0 Å². The van der Waals surface area contributed by atoms with Crippen LogP contribution < -0.4 is 69.3 Å². The molecule has 0 N–H and O–H groups in total. The third-order valence-electron chi connectivity index (χ3n) is 4.88. The molecule has 0 atom stereocenters. The van der Waals surface area contributed by atoms with Crippen molar-refractivity contribution in [2.75, 3.05) is 0 Å². The molecule has 6 heteroatoms. The smallest absolute Gasteiger partial charge is 0.872 e.